The lowest BCUT2D eigenvalue weighted by atomic mass is 9.73. The standard InChI is InChI=1S/C3H8BF/c1-3-4(2)5/h3H2,1-2H3. The highest BCUT2D eigenvalue weighted by Crippen LogP contribution is 1.86. The Bertz CT molecular complexity index is 20.9. The maximum Gasteiger partial charge on any atom is 0.344 e. The van der Waals surface area contributed by atoms with Gasteiger partial charge in [0.05, 0.1) is 0 Å². The molecule has 0 radical (unpaired) electrons. The second-order valence-corrected chi connectivity index (χ2v) is 1.19. The third-order valence-corrected chi connectivity index (χ3v) is 0.563. The summed E-state index contributed by atoms with van der Waals surface area (Å²) in [5.41, 5.74) is 0. The third kappa shape index (κ3) is 3.99. The Labute approximate surface area is 32.5 Å². The summed E-state index contributed by atoms with van der Waals surface area (Å²) in [7, 11) is 0. The lowest BCUT2D eigenvalue weighted by Crippen LogP contribution is -1.90. The van der Waals surface area contributed by atoms with E-state index >= 15 is 0 Å². The van der Waals surface area contributed by atoms with E-state index in [0.717, 1.165) is 0 Å². The summed E-state index contributed by atoms with van der Waals surface area (Å²) in [5, 5.41) is 0. The van der Waals surface area contributed by atoms with Gasteiger partial charge in [-0.2, -0.15) is 0 Å². The van der Waals surface area contributed by atoms with E-state index in [0.29, 0.717) is 6.32 Å². The molecule has 2 heteroatoms. The van der Waals surface area contributed by atoms with Crippen LogP contribution in [0.25, 0.3) is 0 Å². The smallest absolute Gasteiger partial charge is 0.337 e. The van der Waals surface area contributed by atoms with Crippen LogP contribution < -0.4 is 0 Å². The van der Waals surface area contributed by atoms with Crippen molar-refractivity contribution in [1.29, 1.82) is 0 Å². The van der Waals surface area contributed by atoms with Gasteiger partial charge in [-0.15, -0.1) is 0 Å². The summed E-state index contributed by atoms with van der Waals surface area (Å²) in [6.45, 7) is 2.76. The summed E-state index contributed by atoms with van der Waals surface area (Å²) < 4.78 is 11.4. The zero-order valence-corrected chi connectivity index (χ0v) is 3.66. The van der Waals surface area contributed by atoms with Crippen LogP contribution in [0.5, 0.6) is 0 Å². The quantitative estimate of drug-likeness (QED) is 0.414. The minimum absolute atomic E-state index is 0.616. The van der Waals surface area contributed by atoms with Crippen molar-refractivity contribution in [3.8, 4) is 0 Å². The predicted octanol–water partition coefficient (Wildman–Crippen LogP) is 1.60. The van der Waals surface area contributed by atoms with E-state index in [-0.39, 0.29) is 0 Å². The van der Waals surface area contributed by atoms with Crippen molar-refractivity contribution >= 4 is 6.99 Å². The van der Waals surface area contributed by atoms with Crippen LogP contribution in [0.4, 0.5) is 4.32 Å². The van der Waals surface area contributed by atoms with Crippen molar-refractivity contribution in [3.63, 3.8) is 0 Å². The van der Waals surface area contributed by atoms with Gasteiger partial charge in [0, 0.05) is 0 Å². The average molecular weight is 73.9 g/mol. The minimum atomic E-state index is -0.616. The third-order valence-electron chi connectivity index (χ3n) is 0.563. The van der Waals surface area contributed by atoms with Crippen molar-refractivity contribution in [2.75, 3.05) is 0 Å². The highest BCUT2D eigenvalue weighted by Gasteiger charge is 1.95. The number of hydrogen-bond acceptors (Lipinski definition) is 0. The van der Waals surface area contributed by atoms with E-state index in [1.54, 1.807) is 6.82 Å². The normalized spacial score (nSPS) is 7.80. The van der Waals surface area contributed by atoms with Crippen LogP contribution in [0.1, 0.15) is 6.92 Å². The molecule has 0 N–H and O–H groups in total. The fourth-order valence-electron chi connectivity index (χ4n) is 0. The van der Waals surface area contributed by atoms with Gasteiger partial charge in [0.1, 0.15) is 0 Å². The van der Waals surface area contributed by atoms with Crippen molar-refractivity contribution in [2.24, 2.45) is 0 Å². The first-order valence-electron chi connectivity index (χ1n) is 1.91. The molecule has 0 aliphatic rings. The molecular weight excluding hydrogens is 65.8 g/mol. The van der Waals surface area contributed by atoms with Gasteiger partial charge in [0.15, 0.2) is 0 Å². The maximum absolute atomic E-state index is 11.4. The molecule has 0 atom stereocenters. The Morgan fingerprint density at radius 3 is 2.00 bits per heavy atom. The van der Waals surface area contributed by atoms with Gasteiger partial charge >= 0.3 is 6.99 Å². The van der Waals surface area contributed by atoms with Gasteiger partial charge in [-0.1, -0.05) is 13.7 Å². The predicted molar refractivity (Wildman–Crippen MR) is 23.2 cm³/mol. The highest BCUT2D eigenvalue weighted by molar-refractivity contribution is 6.49. The molecule has 0 bridgehead atoms. The maximum atomic E-state index is 11.4. The summed E-state index contributed by atoms with van der Waals surface area (Å²) >= 11 is 0. The Balaban J connectivity index is 2.54. The zero-order valence-electron chi connectivity index (χ0n) is 3.66. The number of rotatable bonds is 1. The first-order chi connectivity index (χ1) is 2.27. The molecule has 0 aromatic carbocycles. The van der Waals surface area contributed by atoms with Crippen LogP contribution >= 0.6 is 0 Å². The van der Waals surface area contributed by atoms with Crippen LogP contribution in [-0.2, 0) is 0 Å². The molecule has 5 heavy (non-hydrogen) atoms. The molecule has 0 spiro atoms. The summed E-state index contributed by atoms with van der Waals surface area (Å²) in [6, 6.07) is 0. The molecule has 0 amide bonds. The topological polar surface area (TPSA) is 0 Å². The molecule has 0 saturated heterocycles. The molecule has 0 fully saturated rings. The van der Waals surface area contributed by atoms with Crippen LogP contribution in [0.15, 0.2) is 0 Å². The fraction of sp³-hybridized carbons (Fsp3) is 1.00. The van der Waals surface area contributed by atoms with Gasteiger partial charge in [0.2, 0.25) is 0 Å². The van der Waals surface area contributed by atoms with E-state index in [1.807, 2.05) is 6.92 Å². The van der Waals surface area contributed by atoms with E-state index in [4.69, 9.17) is 0 Å². The van der Waals surface area contributed by atoms with E-state index in [1.165, 1.54) is 0 Å². The Kier molecular flexibility index (Phi) is 2.24. The zero-order chi connectivity index (χ0) is 4.28. The SMILES string of the molecule is CCB(C)F. The van der Waals surface area contributed by atoms with Gasteiger partial charge in [-0.05, 0) is 6.32 Å². The second kappa shape index (κ2) is 2.25. The molecule has 0 saturated carbocycles. The number of hydrogen-bond donors (Lipinski definition) is 0. The summed E-state index contributed by atoms with van der Waals surface area (Å²) in [5.74, 6) is 0. The molecule has 0 aromatic rings. The second-order valence-electron chi connectivity index (χ2n) is 1.19. The first-order valence-corrected chi connectivity index (χ1v) is 1.91. The summed E-state index contributed by atoms with van der Waals surface area (Å²) in [6.07, 6.45) is 0.639. The molecule has 0 rings (SSSR count). The molecule has 0 nitrogen and oxygen atoms in total. The Morgan fingerprint density at radius 1 is 1.80 bits per heavy atom. The molecule has 0 aliphatic carbocycles. The van der Waals surface area contributed by atoms with Crippen molar-refractivity contribution in [3.05, 3.63) is 0 Å². The van der Waals surface area contributed by atoms with E-state index in [9.17, 15) is 4.32 Å². The lowest BCUT2D eigenvalue weighted by Gasteiger charge is -1.79. The lowest BCUT2D eigenvalue weighted by molar-refractivity contribution is 0.830. The first kappa shape index (κ1) is 4.99. The van der Waals surface area contributed by atoms with Gasteiger partial charge in [-0.25, -0.2) is 0 Å². The summed E-state index contributed by atoms with van der Waals surface area (Å²) in [4.78, 5) is 0. The number of halogens is 1. The fourth-order valence-corrected chi connectivity index (χ4v) is 0. The Morgan fingerprint density at radius 2 is 2.00 bits per heavy atom. The van der Waals surface area contributed by atoms with E-state index in [2.05, 4.69) is 0 Å². The van der Waals surface area contributed by atoms with Crippen molar-refractivity contribution in [2.45, 2.75) is 20.1 Å². The van der Waals surface area contributed by atoms with Crippen LogP contribution in [-0.4, -0.2) is 6.99 Å². The molecule has 0 aliphatic heterocycles. The molecule has 0 heterocycles. The molecule has 0 aromatic heterocycles. The minimum Gasteiger partial charge on any atom is -0.337 e. The van der Waals surface area contributed by atoms with Crippen molar-refractivity contribution in [1.82, 2.24) is 0 Å². The van der Waals surface area contributed by atoms with Crippen LogP contribution in [0, 0.1) is 0 Å². The molecular formula is C3H8BF. The van der Waals surface area contributed by atoms with E-state index < -0.39 is 6.99 Å². The van der Waals surface area contributed by atoms with Crippen LogP contribution in [0.2, 0.25) is 13.1 Å². The average Bonchev–Trinajstić information content (AvgIpc) is 1.38. The Hall–Kier alpha value is -0.00506. The van der Waals surface area contributed by atoms with Gasteiger partial charge in [0.25, 0.3) is 0 Å². The highest BCUT2D eigenvalue weighted by atomic mass is 19.1. The molecule has 0 unspecified atom stereocenters. The molecule has 30 valence electrons. The van der Waals surface area contributed by atoms with Crippen LogP contribution in [0.3, 0.4) is 0 Å². The van der Waals surface area contributed by atoms with Gasteiger partial charge in [-0.3, -0.25) is 0 Å². The van der Waals surface area contributed by atoms with Gasteiger partial charge < -0.3 is 4.32 Å². The monoisotopic (exact) mass is 74.1 g/mol. The van der Waals surface area contributed by atoms with Crippen molar-refractivity contribution < 1.29 is 4.32 Å². The largest absolute Gasteiger partial charge is 0.344 e.